The molecular weight excluding hydrogens is 399 g/mol. The Hall–Kier alpha value is -0.990. The Morgan fingerprint density at radius 3 is 2.38 bits per heavy atom. The van der Waals surface area contributed by atoms with E-state index in [1.54, 1.807) is 24.8 Å². The molecular formula is C17H24Cl2N2O4S. The Morgan fingerprint density at radius 1 is 1.19 bits per heavy atom. The predicted molar refractivity (Wildman–Crippen MR) is 106 cm³/mol. The number of carbonyl (C=O) groups excluding carboxylic acids is 2. The fourth-order valence-corrected chi connectivity index (χ4v) is 3.28. The van der Waals surface area contributed by atoms with Crippen molar-refractivity contribution in [2.45, 2.75) is 31.7 Å². The lowest BCUT2D eigenvalue weighted by atomic mass is 10.1. The van der Waals surface area contributed by atoms with Crippen molar-refractivity contribution >= 4 is 46.8 Å². The highest BCUT2D eigenvalue weighted by atomic mass is 35.5. The summed E-state index contributed by atoms with van der Waals surface area (Å²) in [5, 5.41) is 6.20. The van der Waals surface area contributed by atoms with E-state index in [1.807, 2.05) is 6.26 Å². The average Bonchev–Trinajstić information content (AvgIpc) is 2.59. The van der Waals surface area contributed by atoms with Gasteiger partial charge in [-0.2, -0.15) is 11.8 Å². The number of amides is 2. The number of hydrogen-bond donors (Lipinski definition) is 2. The van der Waals surface area contributed by atoms with E-state index < -0.39 is 18.2 Å². The molecule has 0 heterocycles. The molecule has 6 nitrogen and oxygen atoms in total. The molecule has 0 aliphatic carbocycles. The second-order valence-electron chi connectivity index (χ2n) is 5.57. The van der Waals surface area contributed by atoms with Crippen LogP contribution in [0.4, 0.5) is 0 Å². The molecule has 1 aromatic rings. The third-order valence-electron chi connectivity index (χ3n) is 3.65. The Kier molecular flexibility index (Phi) is 10.3. The lowest BCUT2D eigenvalue weighted by Crippen LogP contribution is -2.52. The molecule has 146 valence electrons. The number of rotatable bonds is 10. The van der Waals surface area contributed by atoms with Crippen LogP contribution in [0.5, 0.6) is 0 Å². The minimum Gasteiger partial charge on any atom is -0.354 e. The molecule has 26 heavy (non-hydrogen) atoms. The maximum Gasteiger partial charge on any atom is 0.253 e. The molecule has 0 spiro atoms. The molecule has 1 aromatic carbocycles. The summed E-state index contributed by atoms with van der Waals surface area (Å²) in [6, 6.07) is 3.49. The Labute approximate surface area is 168 Å². The fraction of sp³-hybridized carbons (Fsp3) is 0.529. The monoisotopic (exact) mass is 422 g/mol. The lowest BCUT2D eigenvalue weighted by Gasteiger charge is -2.25. The summed E-state index contributed by atoms with van der Waals surface area (Å²) in [6.07, 6.45) is 1.82. The van der Waals surface area contributed by atoms with Crippen LogP contribution in [0.2, 0.25) is 10.0 Å². The van der Waals surface area contributed by atoms with Crippen LogP contribution in [0, 0.1) is 0 Å². The number of ether oxygens (including phenoxy) is 2. The van der Waals surface area contributed by atoms with Gasteiger partial charge in [-0.3, -0.25) is 9.59 Å². The Morgan fingerprint density at radius 2 is 1.85 bits per heavy atom. The Balaban J connectivity index is 2.85. The highest BCUT2D eigenvalue weighted by molar-refractivity contribution is 7.98. The summed E-state index contributed by atoms with van der Waals surface area (Å²) in [4.78, 5) is 25.1. The van der Waals surface area contributed by atoms with Gasteiger partial charge in [0.25, 0.3) is 5.91 Å². The molecule has 9 heteroatoms. The number of carbonyl (C=O) groups is 2. The third kappa shape index (κ3) is 6.96. The van der Waals surface area contributed by atoms with Gasteiger partial charge in [0.2, 0.25) is 5.91 Å². The van der Waals surface area contributed by atoms with Gasteiger partial charge >= 0.3 is 0 Å². The van der Waals surface area contributed by atoms with Gasteiger partial charge in [-0.15, -0.1) is 0 Å². The van der Waals surface area contributed by atoms with Gasteiger partial charge < -0.3 is 20.1 Å². The maximum absolute atomic E-state index is 12.6. The van der Waals surface area contributed by atoms with Crippen molar-refractivity contribution in [3.8, 4) is 0 Å². The molecule has 0 aliphatic heterocycles. The third-order valence-corrected chi connectivity index (χ3v) is 4.84. The van der Waals surface area contributed by atoms with Gasteiger partial charge in [0.05, 0.1) is 16.6 Å². The fourth-order valence-electron chi connectivity index (χ4n) is 2.31. The van der Waals surface area contributed by atoms with E-state index >= 15 is 0 Å². The van der Waals surface area contributed by atoms with Crippen molar-refractivity contribution in [2.75, 3.05) is 26.2 Å². The SMILES string of the molecule is COC(OC)[C@H](C)NC(=O)[C@H](CCSC)NC(=O)c1ccc(Cl)cc1Cl. The standard InChI is InChI=1S/C17H24Cl2N2O4S/c1-10(17(24-2)25-3)20-16(23)14(7-8-26-4)21-15(22)12-6-5-11(18)9-13(12)19/h5-6,9-10,14,17H,7-8H2,1-4H3,(H,20,23)(H,21,22)/t10-,14-/m0/s1. The van der Waals surface area contributed by atoms with E-state index in [-0.39, 0.29) is 22.5 Å². The number of hydrogen-bond acceptors (Lipinski definition) is 5. The number of methoxy groups -OCH3 is 2. The highest BCUT2D eigenvalue weighted by Crippen LogP contribution is 2.21. The van der Waals surface area contributed by atoms with E-state index in [1.165, 1.54) is 26.4 Å². The number of thioether (sulfide) groups is 1. The van der Waals surface area contributed by atoms with Gasteiger partial charge in [-0.05, 0) is 43.6 Å². The van der Waals surface area contributed by atoms with Gasteiger partial charge in [-0.25, -0.2) is 0 Å². The second-order valence-corrected chi connectivity index (χ2v) is 7.40. The average molecular weight is 423 g/mol. The zero-order valence-electron chi connectivity index (χ0n) is 15.2. The van der Waals surface area contributed by atoms with Crippen LogP contribution >= 0.6 is 35.0 Å². The van der Waals surface area contributed by atoms with Crippen LogP contribution in [0.3, 0.4) is 0 Å². The maximum atomic E-state index is 12.6. The van der Waals surface area contributed by atoms with Crippen molar-refractivity contribution in [1.82, 2.24) is 10.6 Å². The summed E-state index contributed by atoms with van der Waals surface area (Å²) >= 11 is 13.5. The van der Waals surface area contributed by atoms with E-state index in [0.29, 0.717) is 17.2 Å². The van der Waals surface area contributed by atoms with Crippen LogP contribution in [0.25, 0.3) is 0 Å². The van der Waals surface area contributed by atoms with Crippen LogP contribution in [-0.4, -0.2) is 56.4 Å². The van der Waals surface area contributed by atoms with Crippen molar-refractivity contribution < 1.29 is 19.1 Å². The van der Waals surface area contributed by atoms with Crippen molar-refractivity contribution in [3.05, 3.63) is 33.8 Å². The van der Waals surface area contributed by atoms with Crippen LogP contribution in [0.15, 0.2) is 18.2 Å². The van der Waals surface area contributed by atoms with Gasteiger partial charge in [0, 0.05) is 19.2 Å². The second kappa shape index (κ2) is 11.7. The van der Waals surface area contributed by atoms with Crippen molar-refractivity contribution in [2.24, 2.45) is 0 Å². The smallest absolute Gasteiger partial charge is 0.253 e. The first-order valence-corrected chi connectivity index (χ1v) is 10.1. The molecule has 2 atom stereocenters. The van der Waals surface area contributed by atoms with Crippen molar-refractivity contribution in [3.63, 3.8) is 0 Å². The molecule has 0 saturated heterocycles. The first-order chi connectivity index (χ1) is 12.3. The van der Waals surface area contributed by atoms with Crippen LogP contribution in [0.1, 0.15) is 23.7 Å². The largest absolute Gasteiger partial charge is 0.354 e. The molecule has 2 amide bonds. The van der Waals surface area contributed by atoms with E-state index in [2.05, 4.69) is 10.6 Å². The van der Waals surface area contributed by atoms with E-state index in [9.17, 15) is 9.59 Å². The van der Waals surface area contributed by atoms with Gasteiger partial charge in [-0.1, -0.05) is 23.2 Å². The van der Waals surface area contributed by atoms with Crippen LogP contribution in [-0.2, 0) is 14.3 Å². The lowest BCUT2D eigenvalue weighted by molar-refractivity contribution is -0.137. The molecule has 0 aromatic heterocycles. The molecule has 0 bridgehead atoms. The summed E-state index contributed by atoms with van der Waals surface area (Å²) < 4.78 is 10.3. The van der Waals surface area contributed by atoms with E-state index in [4.69, 9.17) is 32.7 Å². The van der Waals surface area contributed by atoms with E-state index in [0.717, 1.165) is 0 Å². The zero-order chi connectivity index (χ0) is 19.7. The minimum absolute atomic E-state index is 0.228. The molecule has 0 radical (unpaired) electrons. The van der Waals surface area contributed by atoms with Crippen molar-refractivity contribution in [1.29, 1.82) is 0 Å². The predicted octanol–water partition coefficient (Wildman–Crippen LogP) is 2.97. The normalized spacial score (nSPS) is 13.3. The topological polar surface area (TPSA) is 76.7 Å². The first-order valence-electron chi connectivity index (χ1n) is 7.94. The summed E-state index contributed by atoms with van der Waals surface area (Å²) in [6.45, 7) is 1.76. The number of nitrogens with one attached hydrogen (secondary N) is 2. The summed E-state index contributed by atoms with van der Waals surface area (Å²) in [7, 11) is 2.98. The summed E-state index contributed by atoms with van der Waals surface area (Å²) in [5.74, 6) is -0.0429. The first kappa shape index (κ1) is 23.0. The molecule has 0 fully saturated rings. The quantitative estimate of drug-likeness (QED) is 0.566. The molecule has 1 rings (SSSR count). The number of halogens is 2. The number of benzene rings is 1. The Bertz CT molecular complexity index is 614. The zero-order valence-corrected chi connectivity index (χ0v) is 17.5. The highest BCUT2D eigenvalue weighted by Gasteiger charge is 2.26. The molecule has 2 N–H and O–H groups in total. The van der Waals surface area contributed by atoms with Crippen LogP contribution < -0.4 is 10.6 Å². The van der Waals surface area contributed by atoms with Gasteiger partial charge in [0.1, 0.15) is 6.04 Å². The molecule has 0 unspecified atom stereocenters. The summed E-state index contributed by atoms with van der Waals surface area (Å²) in [5.41, 5.74) is 0.262. The molecule has 0 saturated carbocycles. The van der Waals surface area contributed by atoms with Gasteiger partial charge in [0.15, 0.2) is 6.29 Å². The molecule has 0 aliphatic rings. The minimum atomic E-state index is -0.710.